The Morgan fingerprint density at radius 2 is 1.66 bits per heavy atom. The van der Waals surface area contributed by atoms with E-state index in [0.29, 0.717) is 11.6 Å². The summed E-state index contributed by atoms with van der Waals surface area (Å²) < 4.78 is 80.4. The Balaban J connectivity index is 0.000000544. The van der Waals surface area contributed by atoms with Crippen LogP contribution in [-0.4, -0.2) is 88.7 Å². The lowest BCUT2D eigenvalue weighted by molar-refractivity contribution is -0.193. The largest absolute Gasteiger partial charge is 0.506 e. The summed E-state index contributed by atoms with van der Waals surface area (Å²) in [5.41, 5.74) is 0.669. The quantitative estimate of drug-likeness (QED) is 0.163. The maximum Gasteiger partial charge on any atom is 0.458 e. The number of aliphatic imine (C=N–C) groups is 1. The van der Waals surface area contributed by atoms with E-state index in [9.17, 15) is 64.9 Å². The molecule has 1 aromatic heterocycles. The number of amides is 2. The number of phenolic OH excluding ortho intramolecular Hbond substituents is 1. The van der Waals surface area contributed by atoms with E-state index in [4.69, 9.17) is 11.6 Å². The van der Waals surface area contributed by atoms with E-state index in [1.807, 2.05) is 0 Å². The summed E-state index contributed by atoms with van der Waals surface area (Å²) in [6.07, 6.45) is -10.4. The molecule has 2 amide bonds. The number of rotatable bonds is 9. The summed E-state index contributed by atoms with van der Waals surface area (Å²) in [6, 6.07) is 3.14. The van der Waals surface area contributed by atoms with Crippen LogP contribution in [0.25, 0.3) is 0 Å². The molecule has 0 fully saturated rings. The van der Waals surface area contributed by atoms with Gasteiger partial charge in [0.15, 0.2) is 5.96 Å². The Labute approximate surface area is 272 Å². The molecule has 0 saturated carbocycles. The Morgan fingerprint density at radius 3 is 2.19 bits per heavy atom. The monoisotopic (exact) mass is 764 g/mol. The smallest absolute Gasteiger partial charge is 0.458 e. The number of Topliss-reactive ketones (excluding diaryl/α,β-unsaturated/α-hetero) is 2. The van der Waals surface area contributed by atoms with Gasteiger partial charge in [0.25, 0.3) is 5.91 Å². The van der Waals surface area contributed by atoms with Gasteiger partial charge in [0.1, 0.15) is 11.9 Å². The van der Waals surface area contributed by atoms with Crippen LogP contribution in [-0.2, 0) is 19.2 Å². The number of aromatic hydroxyl groups is 1. The van der Waals surface area contributed by atoms with Gasteiger partial charge in [-0.2, -0.15) is 26.3 Å². The summed E-state index contributed by atoms with van der Waals surface area (Å²) in [5.74, 6) is -9.25. The predicted octanol–water partition coefficient (Wildman–Crippen LogP) is 3.22. The van der Waals surface area contributed by atoms with Crippen molar-refractivity contribution in [3.05, 3.63) is 51.2 Å². The van der Waals surface area contributed by atoms with E-state index in [1.165, 1.54) is 30.6 Å². The number of aliphatic carboxylic acids is 1. The Hall–Kier alpha value is -4.53. The zero-order valence-electron chi connectivity index (χ0n) is 23.1. The van der Waals surface area contributed by atoms with E-state index < -0.39 is 66.9 Å². The molecule has 256 valence electrons. The van der Waals surface area contributed by atoms with Gasteiger partial charge in [-0.15, -0.1) is 0 Å². The second-order valence-corrected chi connectivity index (χ2v) is 10.4. The van der Waals surface area contributed by atoms with E-state index in [-0.39, 0.29) is 39.5 Å². The summed E-state index contributed by atoms with van der Waals surface area (Å²) in [7, 11) is 0. The minimum atomic E-state index is -5.77. The van der Waals surface area contributed by atoms with Crippen molar-refractivity contribution in [2.45, 2.75) is 31.0 Å². The third-order valence-electron chi connectivity index (χ3n) is 5.48. The first kappa shape index (κ1) is 38.7. The average molecular weight is 766 g/mol. The van der Waals surface area contributed by atoms with E-state index in [0.717, 1.165) is 0 Å². The molecule has 2 heterocycles. The molecule has 2 aromatic rings. The fourth-order valence-electron chi connectivity index (χ4n) is 3.40. The van der Waals surface area contributed by atoms with Crippen molar-refractivity contribution in [1.29, 1.82) is 0 Å². The Morgan fingerprint density at radius 1 is 1.04 bits per heavy atom. The van der Waals surface area contributed by atoms with Crippen LogP contribution in [0, 0.1) is 0 Å². The van der Waals surface area contributed by atoms with Crippen LogP contribution < -0.4 is 21.3 Å². The normalized spacial score (nSPS) is 15.1. The minimum Gasteiger partial charge on any atom is -0.506 e. The second kappa shape index (κ2) is 16.3. The summed E-state index contributed by atoms with van der Waals surface area (Å²) in [6.45, 7) is -0.340. The van der Waals surface area contributed by atoms with Crippen molar-refractivity contribution in [3.63, 3.8) is 0 Å². The number of carbonyl (C=O) groups excluding carboxylic acids is 4. The second-order valence-electron chi connectivity index (χ2n) is 9.13. The van der Waals surface area contributed by atoms with Gasteiger partial charge in [-0.1, -0.05) is 11.6 Å². The molecule has 0 saturated heterocycles. The zero-order valence-corrected chi connectivity index (χ0v) is 25.4. The lowest BCUT2D eigenvalue weighted by Crippen LogP contribution is -2.41. The number of carbonyl (C=O) groups is 5. The molecule has 47 heavy (non-hydrogen) atoms. The maximum absolute atomic E-state index is 13.2. The van der Waals surface area contributed by atoms with Gasteiger partial charge >= 0.3 is 29.9 Å². The summed E-state index contributed by atoms with van der Waals surface area (Å²) in [5, 5.41) is 30.3. The van der Waals surface area contributed by atoms with Crippen LogP contribution in [0.1, 0.15) is 28.4 Å². The van der Waals surface area contributed by atoms with Gasteiger partial charge in [0.2, 0.25) is 5.91 Å². The van der Waals surface area contributed by atoms with Crippen LogP contribution >= 0.6 is 27.5 Å². The highest BCUT2D eigenvalue weighted by atomic mass is 79.9. The zero-order chi connectivity index (χ0) is 35.7. The van der Waals surface area contributed by atoms with Gasteiger partial charge in [-0.25, -0.2) is 9.38 Å². The average Bonchev–Trinajstić information content (AvgIpc) is 2.97. The number of carboxylic acid groups (broad SMARTS) is 1. The molecule has 0 aliphatic carbocycles. The van der Waals surface area contributed by atoms with Crippen LogP contribution in [0.4, 0.5) is 36.4 Å². The number of pyridine rings is 1. The molecule has 3 rings (SSSR count). The van der Waals surface area contributed by atoms with Crippen LogP contribution in [0.3, 0.4) is 0 Å². The standard InChI is InChI=1S/C21H21BrClFN6O5.C4F6O2/c22-15-3-11(23)2-14(19(15)34)16(4-18(32)33)30-17(31)9-26-20(35)10-1-13(8-25-5-10)29-21-27-6-12(24)7-28-21;5-3(6,7)1(11)2(12)4(8,9)10/h1-3,5,8,12,16,34H,4,6-7,9H2,(H,26,35)(H,30,31)(H,32,33)(H2,27,28,29);/t16-;/m0./s1. The van der Waals surface area contributed by atoms with Crippen LogP contribution in [0.2, 0.25) is 5.02 Å². The maximum atomic E-state index is 13.2. The molecule has 13 nitrogen and oxygen atoms in total. The van der Waals surface area contributed by atoms with E-state index in [1.54, 1.807) is 0 Å². The molecule has 1 aromatic carbocycles. The SMILES string of the molecule is O=C(C(=O)C(F)(F)F)C(F)(F)F.O=C(O)C[C@H](NC(=O)CNC(=O)c1cncc(NC2=NCC(F)CN2)c1)c1cc(Cl)cc(Br)c1O. The van der Waals surface area contributed by atoms with Crippen LogP contribution in [0.15, 0.2) is 40.1 Å². The number of alkyl halides is 7. The molecule has 1 aliphatic heterocycles. The van der Waals surface area contributed by atoms with Gasteiger partial charge in [-0.3, -0.25) is 29.0 Å². The first-order valence-electron chi connectivity index (χ1n) is 12.5. The number of hydrogen-bond acceptors (Lipinski definition) is 10. The van der Waals surface area contributed by atoms with Crippen molar-refractivity contribution >= 4 is 68.5 Å². The number of anilines is 1. The fourth-order valence-corrected chi connectivity index (χ4v) is 4.24. The number of carboxylic acids is 1. The molecule has 1 unspecified atom stereocenters. The highest BCUT2D eigenvalue weighted by Gasteiger charge is 2.54. The third kappa shape index (κ3) is 12.3. The molecule has 1 aliphatic rings. The van der Waals surface area contributed by atoms with Gasteiger partial charge in [0.05, 0.1) is 54.0 Å². The van der Waals surface area contributed by atoms with Gasteiger partial charge < -0.3 is 31.5 Å². The van der Waals surface area contributed by atoms with Crippen molar-refractivity contribution in [1.82, 2.24) is 20.9 Å². The van der Waals surface area contributed by atoms with E-state index >= 15 is 0 Å². The number of benzene rings is 1. The minimum absolute atomic E-state index is 0.0187. The van der Waals surface area contributed by atoms with Crippen LogP contribution in [0.5, 0.6) is 5.75 Å². The molecular weight excluding hydrogens is 745 g/mol. The summed E-state index contributed by atoms with van der Waals surface area (Å²) in [4.78, 5) is 63.5. The Kier molecular flexibility index (Phi) is 13.4. The Bertz CT molecular complexity index is 1540. The first-order chi connectivity index (χ1) is 21.7. The highest BCUT2D eigenvalue weighted by molar-refractivity contribution is 9.10. The van der Waals surface area contributed by atoms with Crippen molar-refractivity contribution in [2.24, 2.45) is 4.99 Å². The third-order valence-corrected chi connectivity index (χ3v) is 6.30. The number of hydrogen-bond donors (Lipinski definition) is 6. The highest BCUT2D eigenvalue weighted by Crippen LogP contribution is 2.36. The predicted molar refractivity (Wildman–Crippen MR) is 151 cm³/mol. The number of ketones is 2. The number of phenols is 1. The molecule has 0 bridgehead atoms. The van der Waals surface area contributed by atoms with Crippen molar-refractivity contribution < 1.29 is 64.9 Å². The fraction of sp³-hybridized carbons (Fsp3) is 0.320. The lowest BCUT2D eigenvalue weighted by atomic mass is 10.0. The van der Waals surface area contributed by atoms with E-state index in [2.05, 4.69) is 47.2 Å². The topological polar surface area (TPSA) is 199 Å². The molecule has 6 N–H and O–H groups in total. The lowest BCUT2D eigenvalue weighted by Gasteiger charge is -2.20. The molecule has 0 radical (unpaired) electrons. The number of guanidine groups is 1. The number of halogens is 9. The number of aromatic nitrogens is 1. The molecule has 2 atom stereocenters. The molecule has 0 spiro atoms. The number of nitrogens with zero attached hydrogens (tertiary/aromatic N) is 2. The first-order valence-corrected chi connectivity index (χ1v) is 13.7. The van der Waals surface area contributed by atoms with Gasteiger partial charge in [-0.05, 0) is 34.1 Å². The molecular formula is C25H21BrClF7N6O7. The number of nitrogens with one attached hydrogen (secondary N) is 4. The van der Waals surface area contributed by atoms with Gasteiger partial charge in [0, 0.05) is 16.8 Å². The van der Waals surface area contributed by atoms with Crippen molar-refractivity contribution in [3.8, 4) is 5.75 Å². The van der Waals surface area contributed by atoms with Crippen molar-refractivity contribution in [2.75, 3.05) is 25.0 Å². The molecule has 22 heteroatoms. The summed E-state index contributed by atoms with van der Waals surface area (Å²) >= 11 is 9.12.